The fraction of sp³-hybridized carbons (Fsp3) is 0.138. The second-order valence-electron chi connectivity index (χ2n) is 8.29. The fourth-order valence-electron chi connectivity index (χ4n) is 3.58. The first-order chi connectivity index (χ1) is 15.5. The third-order valence-corrected chi connectivity index (χ3v) is 5.49. The Hall–Kier alpha value is -3.85. The minimum Gasteiger partial charge on any atom is -0.378 e. The summed E-state index contributed by atoms with van der Waals surface area (Å²) >= 11 is 0. The highest BCUT2D eigenvalue weighted by Crippen LogP contribution is 2.23. The van der Waals surface area contributed by atoms with E-state index >= 15 is 0 Å². The second-order valence-corrected chi connectivity index (χ2v) is 8.29. The van der Waals surface area contributed by atoms with Gasteiger partial charge in [-0.3, -0.25) is 0 Å². The summed E-state index contributed by atoms with van der Waals surface area (Å²) in [5, 5.41) is 1.15. The van der Waals surface area contributed by atoms with Crippen molar-refractivity contribution in [1.29, 1.82) is 0 Å². The fourth-order valence-corrected chi connectivity index (χ4v) is 3.58. The largest absolute Gasteiger partial charge is 0.378 e. The van der Waals surface area contributed by atoms with Crippen LogP contribution >= 0.6 is 0 Å². The molecule has 1 aromatic heterocycles. The van der Waals surface area contributed by atoms with Gasteiger partial charge in [0.05, 0.1) is 11.2 Å². The van der Waals surface area contributed by atoms with Crippen LogP contribution < -0.4 is 9.80 Å². The third kappa shape index (κ3) is 5.06. The van der Waals surface area contributed by atoms with Gasteiger partial charge in [0, 0.05) is 45.0 Å². The van der Waals surface area contributed by atoms with Gasteiger partial charge in [-0.15, -0.1) is 0 Å². The van der Waals surface area contributed by atoms with Crippen molar-refractivity contribution in [2.45, 2.75) is 0 Å². The number of rotatable bonds is 6. The lowest BCUT2D eigenvalue weighted by molar-refractivity contribution is 1.13. The van der Waals surface area contributed by atoms with E-state index in [1.807, 2.05) is 6.07 Å². The Balaban J connectivity index is 1.63. The first kappa shape index (κ1) is 21.4. The van der Waals surface area contributed by atoms with E-state index in [2.05, 4.69) is 135 Å². The van der Waals surface area contributed by atoms with Gasteiger partial charge in [-0.25, -0.2) is 4.98 Å². The molecular formula is C29H29N3. The zero-order valence-corrected chi connectivity index (χ0v) is 19.2. The summed E-state index contributed by atoms with van der Waals surface area (Å²) in [6, 6.07) is 27.5. The first-order valence-electron chi connectivity index (χ1n) is 10.8. The van der Waals surface area contributed by atoms with Crippen molar-refractivity contribution >= 4 is 46.6 Å². The molecule has 4 rings (SSSR count). The molecule has 0 aliphatic carbocycles. The molecule has 0 spiro atoms. The molecule has 3 heteroatoms. The number of nitrogens with zero attached hydrogens (tertiary/aromatic N) is 3. The van der Waals surface area contributed by atoms with E-state index in [-0.39, 0.29) is 0 Å². The van der Waals surface area contributed by atoms with Crippen molar-refractivity contribution in [3.63, 3.8) is 0 Å². The maximum atomic E-state index is 4.85. The molecule has 3 aromatic carbocycles. The highest BCUT2D eigenvalue weighted by molar-refractivity contribution is 5.92. The van der Waals surface area contributed by atoms with Crippen LogP contribution in [0.4, 0.5) is 11.4 Å². The highest BCUT2D eigenvalue weighted by atomic mass is 15.1. The predicted molar refractivity (Wildman–Crippen MR) is 141 cm³/mol. The number of hydrogen-bond acceptors (Lipinski definition) is 3. The molecule has 0 atom stereocenters. The van der Waals surface area contributed by atoms with Crippen molar-refractivity contribution < 1.29 is 0 Å². The molecule has 0 unspecified atom stereocenters. The molecule has 1 heterocycles. The lowest BCUT2D eigenvalue weighted by Crippen LogP contribution is -2.07. The summed E-state index contributed by atoms with van der Waals surface area (Å²) in [4.78, 5) is 9.06. The standard InChI is InChI=1S/C29H29N3/c1-31(2)26-17-11-22(12-18-26)9-15-24-21-25(30-29-8-6-5-7-28(24)29)16-10-23-13-19-27(20-14-23)32(3)4/h5-21H,1-4H3/b15-9-,16-10-. The highest BCUT2D eigenvalue weighted by Gasteiger charge is 2.03. The van der Waals surface area contributed by atoms with Crippen LogP contribution in [0.25, 0.3) is 35.2 Å². The topological polar surface area (TPSA) is 19.4 Å². The van der Waals surface area contributed by atoms with Gasteiger partial charge in [-0.1, -0.05) is 60.7 Å². The number of pyridine rings is 1. The summed E-state index contributed by atoms with van der Waals surface area (Å²) in [7, 11) is 8.21. The summed E-state index contributed by atoms with van der Waals surface area (Å²) in [5.41, 5.74) is 7.83. The average molecular weight is 420 g/mol. The van der Waals surface area contributed by atoms with Crippen molar-refractivity contribution in [1.82, 2.24) is 4.98 Å². The number of anilines is 2. The smallest absolute Gasteiger partial charge is 0.0715 e. The lowest BCUT2D eigenvalue weighted by atomic mass is 10.0. The molecular weight excluding hydrogens is 390 g/mol. The second kappa shape index (κ2) is 9.52. The average Bonchev–Trinajstić information content (AvgIpc) is 2.81. The molecule has 0 saturated carbocycles. The van der Waals surface area contributed by atoms with E-state index in [1.165, 1.54) is 16.9 Å². The van der Waals surface area contributed by atoms with Crippen LogP contribution in [0.5, 0.6) is 0 Å². The predicted octanol–water partition coefficient (Wildman–Crippen LogP) is 6.71. The third-order valence-electron chi connectivity index (χ3n) is 5.49. The lowest BCUT2D eigenvalue weighted by Gasteiger charge is -2.12. The van der Waals surface area contributed by atoms with E-state index in [4.69, 9.17) is 4.98 Å². The molecule has 32 heavy (non-hydrogen) atoms. The van der Waals surface area contributed by atoms with Crippen molar-refractivity contribution in [2.24, 2.45) is 0 Å². The zero-order chi connectivity index (χ0) is 22.5. The van der Waals surface area contributed by atoms with Gasteiger partial charge in [-0.05, 0) is 59.2 Å². The van der Waals surface area contributed by atoms with Crippen LogP contribution in [-0.4, -0.2) is 33.2 Å². The van der Waals surface area contributed by atoms with Crippen molar-refractivity contribution in [3.05, 3.63) is 101 Å². The van der Waals surface area contributed by atoms with E-state index in [0.29, 0.717) is 0 Å². The van der Waals surface area contributed by atoms with Gasteiger partial charge in [0.25, 0.3) is 0 Å². The minimum atomic E-state index is 0.947. The summed E-state index contributed by atoms with van der Waals surface area (Å²) < 4.78 is 0. The molecule has 160 valence electrons. The van der Waals surface area contributed by atoms with Gasteiger partial charge in [0.15, 0.2) is 0 Å². The maximum Gasteiger partial charge on any atom is 0.0715 e. The number of hydrogen-bond donors (Lipinski definition) is 0. The van der Waals surface area contributed by atoms with E-state index in [0.717, 1.165) is 27.7 Å². The van der Waals surface area contributed by atoms with Crippen LogP contribution in [0, 0.1) is 0 Å². The summed E-state index contributed by atoms with van der Waals surface area (Å²) in [6.45, 7) is 0. The SMILES string of the molecule is CN(C)c1ccc(/C=C\c2cc(/C=C\c3ccc(N(C)C)cc3)c3ccccc3n2)cc1. The van der Waals surface area contributed by atoms with Crippen molar-refractivity contribution in [3.8, 4) is 0 Å². The van der Waals surface area contributed by atoms with Gasteiger partial charge in [-0.2, -0.15) is 0 Å². The van der Waals surface area contributed by atoms with Crippen LogP contribution in [0.1, 0.15) is 22.4 Å². The Kier molecular flexibility index (Phi) is 6.37. The Bertz CT molecular complexity index is 1250. The number of fused-ring (bicyclic) bond motifs is 1. The Labute approximate surface area is 191 Å². The molecule has 0 N–H and O–H groups in total. The molecule has 3 nitrogen and oxygen atoms in total. The molecule has 4 aromatic rings. The van der Waals surface area contributed by atoms with E-state index in [9.17, 15) is 0 Å². The number of para-hydroxylation sites is 1. The van der Waals surface area contributed by atoms with Crippen LogP contribution in [0.15, 0.2) is 78.9 Å². The van der Waals surface area contributed by atoms with Gasteiger partial charge < -0.3 is 9.80 Å². The van der Waals surface area contributed by atoms with Gasteiger partial charge >= 0.3 is 0 Å². The zero-order valence-electron chi connectivity index (χ0n) is 19.2. The Morgan fingerprint density at radius 2 is 1.12 bits per heavy atom. The molecule has 0 bridgehead atoms. The van der Waals surface area contributed by atoms with Crippen molar-refractivity contribution in [2.75, 3.05) is 38.0 Å². The maximum absolute atomic E-state index is 4.85. The Morgan fingerprint density at radius 3 is 1.69 bits per heavy atom. The Morgan fingerprint density at radius 1 is 0.594 bits per heavy atom. The van der Waals surface area contributed by atoms with Gasteiger partial charge in [0.1, 0.15) is 0 Å². The minimum absolute atomic E-state index is 0.947. The quantitative estimate of drug-likeness (QED) is 0.346. The summed E-state index contributed by atoms with van der Waals surface area (Å²) in [6.07, 6.45) is 8.54. The first-order valence-corrected chi connectivity index (χ1v) is 10.8. The normalized spacial score (nSPS) is 11.5. The molecule has 0 aliphatic heterocycles. The van der Waals surface area contributed by atoms with E-state index < -0.39 is 0 Å². The van der Waals surface area contributed by atoms with E-state index in [1.54, 1.807) is 0 Å². The van der Waals surface area contributed by atoms with Crippen LogP contribution in [0.2, 0.25) is 0 Å². The summed E-state index contributed by atoms with van der Waals surface area (Å²) in [5.74, 6) is 0. The monoisotopic (exact) mass is 419 g/mol. The van der Waals surface area contributed by atoms with Crippen LogP contribution in [-0.2, 0) is 0 Å². The number of benzene rings is 3. The van der Waals surface area contributed by atoms with Crippen LogP contribution in [0.3, 0.4) is 0 Å². The molecule has 0 radical (unpaired) electrons. The molecule has 0 aliphatic rings. The number of aromatic nitrogens is 1. The molecule has 0 fully saturated rings. The molecule has 0 saturated heterocycles. The van der Waals surface area contributed by atoms with Gasteiger partial charge in [0.2, 0.25) is 0 Å². The molecule has 0 amide bonds.